The highest BCUT2D eigenvalue weighted by atomic mass is 16.5. The van der Waals surface area contributed by atoms with Crippen molar-refractivity contribution < 1.29 is 23.8 Å². The quantitative estimate of drug-likeness (QED) is 0.684. The average Bonchev–Trinajstić information content (AvgIpc) is 3.03. The maximum Gasteiger partial charge on any atom is 0.338 e. The molecule has 6 heteroatoms. The average molecular weight is 383 g/mol. The fourth-order valence-electron chi connectivity index (χ4n) is 3.40. The van der Waals surface area contributed by atoms with Gasteiger partial charge in [0.1, 0.15) is 0 Å². The number of ether oxygens (including phenoxy) is 3. The lowest BCUT2D eigenvalue weighted by atomic mass is 10.1. The Labute approximate surface area is 165 Å². The Hall–Kier alpha value is -3.02. The van der Waals surface area contributed by atoms with E-state index < -0.39 is 5.97 Å². The molecule has 148 valence electrons. The second-order valence-electron chi connectivity index (χ2n) is 6.55. The van der Waals surface area contributed by atoms with Crippen molar-refractivity contribution in [2.45, 2.75) is 33.2 Å². The molecule has 1 atom stereocenters. The fraction of sp³-hybridized carbons (Fsp3) is 0.364. The van der Waals surface area contributed by atoms with Gasteiger partial charge in [0.25, 0.3) is 5.91 Å². The summed E-state index contributed by atoms with van der Waals surface area (Å²) < 4.78 is 16.3. The summed E-state index contributed by atoms with van der Waals surface area (Å²) in [5.41, 5.74) is 2.33. The monoisotopic (exact) mass is 383 g/mol. The molecule has 0 N–H and O–H groups in total. The third-order valence-electron chi connectivity index (χ3n) is 4.58. The van der Waals surface area contributed by atoms with Gasteiger partial charge in [-0.25, -0.2) is 4.79 Å². The molecular formula is C22H25NO5. The molecule has 0 radical (unpaired) electrons. The molecule has 6 nitrogen and oxygen atoms in total. The first-order chi connectivity index (χ1) is 13.5. The third-order valence-corrected chi connectivity index (χ3v) is 4.58. The first kappa shape index (κ1) is 19.7. The zero-order valence-electron chi connectivity index (χ0n) is 16.4. The van der Waals surface area contributed by atoms with Gasteiger partial charge in [-0.1, -0.05) is 18.2 Å². The molecule has 0 saturated carbocycles. The van der Waals surface area contributed by atoms with E-state index >= 15 is 0 Å². The number of hydrogen-bond donors (Lipinski definition) is 0. The number of benzene rings is 2. The minimum absolute atomic E-state index is 0.0404. The molecule has 0 spiro atoms. The van der Waals surface area contributed by atoms with Crippen molar-refractivity contribution in [1.82, 2.24) is 0 Å². The molecule has 1 unspecified atom stereocenters. The highest BCUT2D eigenvalue weighted by Crippen LogP contribution is 2.32. The summed E-state index contributed by atoms with van der Waals surface area (Å²) in [7, 11) is 0. The van der Waals surface area contributed by atoms with Crippen LogP contribution < -0.4 is 14.4 Å². The molecule has 1 amide bonds. The topological polar surface area (TPSA) is 65.1 Å². The van der Waals surface area contributed by atoms with Gasteiger partial charge in [0.2, 0.25) is 0 Å². The Morgan fingerprint density at radius 3 is 2.50 bits per heavy atom. The molecule has 1 heterocycles. The van der Waals surface area contributed by atoms with Crippen molar-refractivity contribution in [3.05, 3.63) is 53.6 Å². The summed E-state index contributed by atoms with van der Waals surface area (Å²) in [6, 6.07) is 12.7. The Bertz CT molecular complexity index is 864. The molecule has 0 saturated heterocycles. The highest BCUT2D eigenvalue weighted by molar-refractivity contribution is 5.99. The van der Waals surface area contributed by atoms with E-state index in [0.717, 1.165) is 17.7 Å². The van der Waals surface area contributed by atoms with E-state index in [1.54, 1.807) is 23.1 Å². The van der Waals surface area contributed by atoms with Gasteiger partial charge >= 0.3 is 5.97 Å². The summed E-state index contributed by atoms with van der Waals surface area (Å²) in [6.45, 7) is 6.35. The van der Waals surface area contributed by atoms with Crippen LogP contribution in [0.15, 0.2) is 42.5 Å². The largest absolute Gasteiger partial charge is 0.490 e. The lowest BCUT2D eigenvalue weighted by Gasteiger charge is -2.22. The van der Waals surface area contributed by atoms with Crippen molar-refractivity contribution in [3.63, 3.8) is 0 Å². The summed E-state index contributed by atoms with van der Waals surface area (Å²) in [5, 5.41) is 0. The van der Waals surface area contributed by atoms with Gasteiger partial charge < -0.3 is 19.1 Å². The second kappa shape index (κ2) is 8.78. The first-order valence-corrected chi connectivity index (χ1v) is 9.51. The zero-order valence-corrected chi connectivity index (χ0v) is 16.4. The van der Waals surface area contributed by atoms with E-state index in [4.69, 9.17) is 14.2 Å². The van der Waals surface area contributed by atoms with E-state index in [9.17, 15) is 9.59 Å². The van der Waals surface area contributed by atoms with E-state index in [2.05, 4.69) is 0 Å². The smallest absolute Gasteiger partial charge is 0.338 e. The van der Waals surface area contributed by atoms with E-state index in [1.807, 2.05) is 45.0 Å². The number of nitrogens with zero attached hydrogens (tertiary/aromatic N) is 1. The number of fused-ring (bicyclic) bond motifs is 1. The van der Waals surface area contributed by atoms with E-state index in [1.165, 1.54) is 0 Å². The molecule has 0 bridgehead atoms. The minimum Gasteiger partial charge on any atom is -0.490 e. The molecule has 3 rings (SSSR count). The maximum absolute atomic E-state index is 12.7. The fourth-order valence-corrected chi connectivity index (χ4v) is 3.40. The molecule has 2 aromatic carbocycles. The van der Waals surface area contributed by atoms with Crippen LogP contribution >= 0.6 is 0 Å². The van der Waals surface area contributed by atoms with Crippen LogP contribution in [-0.2, 0) is 16.0 Å². The van der Waals surface area contributed by atoms with Crippen LogP contribution in [0.3, 0.4) is 0 Å². The number of hydrogen-bond acceptors (Lipinski definition) is 5. The van der Waals surface area contributed by atoms with Crippen LogP contribution in [0.1, 0.15) is 36.7 Å². The SMILES string of the molecule is CCOc1ccc(C(=O)OCC(=O)N2c3ccccc3CC2C)cc1OCC. The zero-order chi connectivity index (χ0) is 20.1. The predicted octanol–water partition coefficient (Wildman–Crippen LogP) is 3.62. The van der Waals surface area contributed by atoms with E-state index in [-0.39, 0.29) is 18.6 Å². The Kier molecular flexibility index (Phi) is 6.19. The van der Waals surface area contributed by atoms with Crippen molar-refractivity contribution >= 4 is 17.6 Å². The van der Waals surface area contributed by atoms with Gasteiger partial charge in [0.05, 0.1) is 18.8 Å². The molecule has 0 aromatic heterocycles. The number of para-hydroxylation sites is 1. The normalized spacial score (nSPS) is 15.1. The highest BCUT2D eigenvalue weighted by Gasteiger charge is 2.31. The summed E-state index contributed by atoms with van der Waals surface area (Å²) in [6.07, 6.45) is 0.798. The number of carbonyl (C=O) groups excluding carboxylic acids is 2. The van der Waals surface area contributed by atoms with Crippen molar-refractivity contribution in [2.24, 2.45) is 0 Å². The Balaban J connectivity index is 1.67. The van der Waals surface area contributed by atoms with Gasteiger partial charge in [-0.05, 0) is 57.0 Å². The molecule has 1 aliphatic heterocycles. The first-order valence-electron chi connectivity index (χ1n) is 9.51. The van der Waals surface area contributed by atoms with Crippen molar-refractivity contribution in [1.29, 1.82) is 0 Å². The molecule has 0 aliphatic carbocycles. The summed E-state index contributed by atoms with van der Waals surface area (Å²) >= 11 is 0. The van der Waals surface area contributed by atoms with Gasteiger partial charge in [-0.3, -0.25) is 4.79 Å². The molecule has 0 fully saturated rings. The molecule has 1 aliphatic rings. The van der Waals surface area contributed by atoms with Gasteiger partial charge in [-0.2, -0.15) is 0 Å². The molecule has 28 heavy (non-hydrogen) atoms. The third kappa shape index (κ3) is 4.11. The Morgan fingerprint density at radius 2 is 1.75 bits per heavy atom. The lowest BCUT2D eigenvalue weighted by Crippen LogP contribution is -2.38. The predicted molar refractivity (Wildman–Crippen MR) is 106 cm³/mol. The van der Waals surface area contributed by atoms with E-state index in [0.29, 0.717) is 30.3 Å². The van der Waals surface area contributed by atoms with Crippen LogP contribution in [0.25, 0.3) is 0 Å². The van der Waals surface area contributed by atoms with Crippen molar-refractivity contribution in [3.8, 4) is 11.5 Å². The summed E-state index contributed by atoms with van der Waals surface area (Å²) in [4.78, 5) is 26.8. The second-order valence-corrected chi connectivity index (χ2v) is 6.55. The van der Waals surface area contributed by atoms with Gasteiger partial charge in [0.15, 0.2) is 18.1 Å². The minimum atomic E-state index is -0.572. The Morgan fingerprint density at radius 1 is 1.04 bits per heavy atom. The van der Waals surface area contributed by atoms with Crippen LogP contribution in [0.4, 0.5) is 5.69 Å². The summed E-state index contributed by atoms with van der Waals surface area (Å²) in [5.74, 6) is 0.242. The van der Waals surface area contributed by atoms with Crippen LogP contribution in [-0.4, -0.2) is 37.7 Å². The molecular weight excluding hydrogens is 358 g/mol. The number of carbonyl (C=O) groups is 2. The van der Waals surface area contributed by atoms with Crippen molar-refractivity contribution in [2.75, 3.05) is 24.7 Å². The number of esters is 1. The standard InChI is InChI=1S/C22H25NO5/c1-4-26-19-11-10-17(13-20(19)27-5-2)22(25)28-14-21(24)23-15(3)12-16-8-6-7-9-18(16)23/h6-11,13,15H,4-5,12,14H2,1-3H3. The van der Waals surface area contributed by atoms with Crippen LogP contribution in [0, 0.1) is 0 Å². The number of rotatable bonds is 7. The van der Waals surface area contributed by atoms with Gasteiger partial charge in [0, 0.05) is 11.7 Å². The lowest BCUT2D eigenvalue weighted by molar-refractivity contribution is -0.122. The van der Waals surface area contributed by atoms with Gasteiger partial charge in [-0.15, -0.1) is 0 Å². The maximum atomic E-state index is 12.7. The molecule has 2 aromatic rings. The van der Waals surface area contributed by atoms with Crippen LogP contribution in [0.2, 0.25) is 0 Å². The van der Waals surface area contributed by atoms with Crippen LogP contribution in [0.5, 0.6) is 11.5 Å². The number of amides is 1. The number of anilines is 1.